The molecule has 0 saturated carbocycles. The number of hydrogen-bond donors (Lipinski definition) is 2. The van der Waals surface area contributed by atoms with Gasteiger partial charge in [0.2, 0.25) is 0 Å². The van der Waals surface area contributed by atoms with Gasteiger partial charge in [0.25, 0.3) is 5.91 Å². The Hall–Kier alpha value is -2.67. The molecule has 0 aliphatic rings. The summed E-state index contributed by atoms with van der Waals surface area (Å²) < 4.78 is 1.61. The number of nitrogens with one attached hydrogen (secondary N) is 1. The third-order valence-corrected chi connectivity index (χ3v) is 4.16. The number of carboxylic acid groups (broad SMARTS) is 1. The van der Waals surface area contributed by atoms with E-state index in [1.165, 1.54) is 6.20 Å². The number of aryl methyl sites for hydroxylation is 1. The largest absolute Gasteiger partial charge is 0.477 e. The third kappa shape index (κ3) is 2.38. The summed E-state index contributed by atoms with van der Waals surface area (Å²) in [7, 11) is 0. The molecule has 0 aliphatic heterocycles. The maximum atomic E-state index is 12.3. The van der Waals surface area contributed by atoms with Gasteiger partial charge in [0.05, 0.1) is 22.3 Å². The summed E-state index contributed by atoms with van der Waals surface area (Å²) in [5.74, 6) is -1.30. The van der Waals surface area contributed by atoms with Gasteiger partial charge in [-0.3, -0.25) is 4.79 Å². The predicted octanol–water partition coefficient (Wildman–Crippen LogP) is 2.65. The first-order chi connectivity index (χ1) is 10.1. The number of aromatic nitrogens is 2. The van der Waals surface area contributed by atoms with E-state index in [1.54, 1.807) is 29.8 Å². The van der Waals surface area contributed by atoms with Crippen molar-refractivity contribution in [1.29, 1.82) is 0 Å². The Kier molecular flexibility index (Phi) is 3.19. The molecular weight excluding hydrogens is 290 g/mol. The van der Waals surface area contributed by atoms with Crippen molar-refractivity contribution in [2.75, 3.05) is 5.32 Å². The molecule has 1 amide bonds. The summed E-state index contributed by atoms with van der Waals surface area (Å²) in [5.41, 5.74) is 1.77. The van der Waals surface area contributed by atoms with Crippen molar-refractivity contribution in [2.24, 2.45) is 0 Å². The smallest absolute Gasteiger partial charge is 0.346 e. The molecular formula is C14H11N3O3S. The summed E-state index contributed by atoms with van der Waals surface area (Å²) in [4.78, 5) is 23.5. The number of amides is 1. The number of nitrogens with zero attached hydrogens (tertiary/aromatic N) is 2. The number of anilines is 1. The maximum Gasteiger partial charge on any atom is 0.346 e. The van der Waals surface area contributed by atoms with Gasteiger partial charge >= 0.3 is 5.97 Å². The fourth-order valence-corrected chi connectivity index (χ4v) is 2.95. The van der Waals surface area contributed by atoms with Crippen LogP contribution in [0.25, 0.3) is 5.52 Å². The van der Waals surface area contributed by atoms with Crippen molar-refractivity contribution in [3.05, 3.63) is 52.7 Å². The summed E-state index contributed by atoms with van der Waals surface area (Å²) >= 11 is 1.04. The monoisotopic (exact) mass is 301 g/mol. The van der Waals surface area contributed by atoms with E-state index in [9.17, 15) is 9.59 Å². The molecule has 3 rings (SSSR count). The third-order valence-electron chi connectivity index (χ3n) is 3.02. The van der Waals surface area contributed by atoms with E-state index in [0.717, 1.165) is 11.3 Å². The average Bonchev–Trinajstić information content (AvgIpc) is 3.02. The summed E-state index contributed by atoms with van der Waals surface area (Å²) in [6.07, 6.45) is 3.24. The second-order valence-corrected chi connectivity index (χ2v) is 5.52. The highest BCUT2D eigenvalue weighted by molar-refractivity contribution is 7.18. The molecule has 3 heterocycles. The molecule has 0 radical (unpaired) electrons. The van der Waals surface area contributed by atoms with Crippen LogP contribution in [-0.2, 0) is 0 Å². The number of thiophene rings is 1. The van der Waals surface area contributed by atoms with Crippen LogP contribution < -0.4 is 5.32 Å². The van der Waals surface area contributed by atoms with Gasteiger partial charge in [-0.1, -0.05) is 6.07 Å². The first-order valence-electron chi connectivity index (χ1n) is 6.13. The number of carboxylic acids is 1. The van der Waals surface area contributed by atoms with E-state index in [0.29, 0.717) is 21.6 Å². The van der Waals surface area contributed by atoms with Crippen molar-refractivity contribution < 1.29 is 14.7 Å². The lowest BCUT2D eigenvalue weighted by Crippen LogP contribution is -2.10. The van der Waals surface area contributed by atoms with Crippen LogP contribution in [0.2, 0.25) is 0 Å². The van der Waals surface area contributed by atoms with E-state index in [4.69, 9.17) is 5.11 Å². The molecule has 0 saturated heterocycles. The first-order valence-corrected chi connectivity index (χ1v) is 6.95. The Morgan fingerprint density at radius 3 is 2.90 bits per heavy atom. The van der Waals surface area contributed by atoms with Crippen LogP contribution in [-0.4, -0.2) is 26.6 Å². The topological polar surface area (TPSA) is 83.7 Å². The Labute approximate surface area is 123 Å². The molecule has 106 valence electrons. The molecule has 0 atom stereocenters. The summed E-state index contributed by atoms with van der Waals surface area (Å²) in [5, 5.41) is 16.3. The lowest BCUT2D eigenvalue weighted by molar-refractivity contribution is 0.0701. The molecule has 0 spiro atoms. The average molecular weight is 301 g/mol. The highest BCUT2D eigenvalue weighted by Crippen LogP contribution is 2.27. The lowest BCUT2D eigenvalue weighted by Gasteiger charge is -2.00. The van der Waals surface area contributed by atoms with Gasteiger partial charge in [0.15, 0.2) is 0 Å². The zero-order chi connectivity index (χ0) is 15.0. The highest BCUT2D eigenvalue weighted by Gasteiger charge is 2.16. The van der Waals surface area contributed by atoms with Crippen LogP contribution in [0.3, 0.4) is 0 Å². The lowest BCUT2D eigenvalue weighted by atomic mass is 10.2. The molecule has 0 unspecified atom stereocenters. The molecule has 3 aromatic rings. The molecule has 0 fully saturated rings. The number of carbonyl (C=O) groups excluding carboxylic acids is 1. The van der Waals surface area contributed by atoms with Gasteiger partial charge in [0.1, 0.15) is 4.88 Å². The summed E-state index contributed by atoms with van der Waals surface area (Å²) in [6, 6.07) is 7.09. The molecule has 6 nitrogen and oxygen atoms in total. The Balaban J connectivity index is 1.90. The molecule has 0 bridgehead atoms. The number of fused-ring (bicyclic) bond motifs is 1. The van der Waals surface area contributed by atoms with Crippen LogP contribution in [0.4, 0.5) is 5.00 Å². The second kappa shape index (κ2) is 5.02. The number of rotatable bonds is 3. The minimum Gasteiger partial charge on any atom is -0.477 e. The van der Waals surface area contributed by atoms with Crippen molar-refractivity contribution in [1.82, 2.24) is 9.61 Å². The molecule has 2 N–H and O–H groups in total. The van der Waals surface area contributed by atoms with Crippen LogP contribution in [0.15, 0.2) is 36.7 Å². The van der Waals surface area contributed by atoms with Gasteiger partial charge < -0.3 is 10.4 Å². The highest BCUT2D eigenvalue weighted by atomic mass is 32.1. The SMILES string of the molecule is Cc1cc(NC(=O)c2cnn3ccccc23)sc1C(=O)O. The summed E-state index contributed by atoms with van der Waals surface area (Å²) in [6.45, 7) is 1.70. The Morgan fingerprint density at radius 1 is 1.38 bits per heavy atom. The minimum absolute atomic E-state index is 0.227. The minimum atomic E-state index is -0.992. The fourth-order valence-electron chi connectivity index (χ4n) is 2.04. The number of pyridine rings is 1. The normalized spacial score (nSPS) is 10.7. The van der Waals surface area contributed by atoms with Crippen molar-refractivity contribution in [2.45, 2.75) is 6.92 Å². The van der Waals surface area contributed by atoms with E-state index in [-0.39, 0.29) is 10.8 Å². The Bertz CT molecular complexity index is 850. The molecule has 21 heavy (non-hydrogen) atoms. The van der Waals surface area contributed by atoms with E-state index >= 15 is 0 Å². The predicted molar refractivity (Wildman–Crippen MR) is 79.2 cm³/mol. The number of hydrogen-bond acceptors (Lipinski definition) is 4. The molecule has 7 heteroatoms. The van der Waals surface area contributed by atoms with E-state index < -0.39 is 5.97 Å². The van der Waals surface area contributed by atoms with Crippen molar-refractivity contribution in [3.8, 4) is 0 Å². The fraction of sp³-hybridized carbons (Fsp3) is 0.0714. The van der Waals surface area contributed by atoms with Crippen molar-refractivity contribution >= 4 is 33.7 Å². The quantitative estimate of drug-likeness (QED) is 0.779. The van der Waals surface area contributed by atoms with Gasteiger partial charge in [-0.05, 0) is 30.7 Å². The van der Waals surface area contributed by atoms with Crippen molar-refractivity contribution in [3.63, 3.8) is 0 Å². The van der Waals surface area contributed by atoms with Crippen LogP contribution in [0.5, 0.6) is 0 Å². The molecule has 3 aromatic heterocycles. The molecule has 0 aromatic carbocycles. The molecule has 0 aliphatic carbocycles. The van der Waals surface area contributed by atoms with Gasteiger partial charge in [-0.25, -0.2) is 9.31 Å². The standard InChI is InChI=1S/C14H11N3O3S/c1-8-6-11(21-12(8)14(19)20)16-13(18)9-7-15-17-5-3-2-4-10(9)17/h2-7H,1H3,(H,16,18)(H,19,20). The number of aromatic carboxylic acids is 1. The van der Waals surface area contributed by atoms with Gasteiger partial charge in [0, 0.05) is 6.20 Å². The van der Waals surface area contributed by atoms with E-state index in [2.05, 4.69) is 10.4 Å². The first kappa shape index (κ1) is 13.3. The number of carbonyl (C=O) groups is 2. The van der Waals surface area contributed by atoms with E-state index in [1.807, 2.05) is 12.1 Å². The maximum absolute atomic E-state index is 12.3. The zero-order valence-corrected chi connectivity index (χ0v) is 11.8. The van der Waals surface area contributed by atoms with Gasteiger partial charge in [-0.15, -0.1) is 11.3 Å². The second-order valence-electron chi connectivity index (χ2n) is 4.47. The van der Waals surface area contributed by atoms with Crippen LogP contribution in [0.1, 0.15) is 25.6 Å². The van der Waals surface area contributed by atoms with Crippen LogP contribution in [0, 0.1) is 6.92 Å². The Morgan fingerprint density at radius 2 is 2.19 bits per heavy atom. The zero-order valence-electron chi connectivity index (χ0n) is 11.0. The van der Waals surface area contributed by atoms with Crippen LogP contribution >= 0.6 is 11.3 Å². The van der Waals surface area contributed by atoms with Gasteiger partial charge in [-0.2, -0.15) is 5.10 Å².